The fourth-order valence-electron chi connectivity index (χ4n) is 2.32. The molecule has 2 aromatic rings. The van der Waals surface area contributed by atoms with Gasteiger partial charge in [0.25, 0.3) is 0 Å². The monoisotopic (exact) mass is 368 g/mol. The van der Waals surface area contributed by atoms with E-state index in [9.17, 15) is 5.11 Å². The molecule has 0 aromatic heterocycles. The predicted octanol–water partition coefficient (Wildman–Crippen LogP) is 4.50. The van der Waals surface area contributed by atoms with Gasteiger partial charge in [-0.25, -0.2) is 0 Å². The molecule has 0 heterocycles. The predicted molar refractivity (Wildman–Crippen MR) is 90.1 cm³/mol. The Balaban J connectivity index is 2.14. The molecule has 0 aliphatic carbocycles. The average Bonchev–Trinajstić information content (AvgIpc) is 2.50. The summed E-state index contributed by atoms with van der Waals surface area (Å²) in [6, 6.07) is 13.7. The third-order valence-corrected chi connectivity index (χ3v) is 4.63. The number of hydrogen-bond donors (Lipinski definition) is 1. The second-order valence-electron chi connectivity index (χ2n) is 5.01. The smallest absolute Gasteiger partial charge is 0.119 e. The van der Waals surface area contributed by atoms with Gasteiger partial charge >= 0.3 is 0 Å². The maximum Gasteiger partial charge on any atom is 0.119 e. The molecule has 2 rings (SSSR count). The van der Waals surface area contributed by atoms with Crippen LogP contribution in [0.3, 0.4) is 0 Å². The highest BCUT2D eigenvalue weighted by molar-refractivity contribution is 9.10. The number of methoxy groups -OCH3 is 1. The van der Waals surface area contributed by atoms with Gasteiger partial charge < -0.3 is 9.84 Å². The summed E-state index contributed by atoms with van der Waals surface area (Å²) in [6.45, 7) is 0.120. The third kappa shape index (κ3) is 4.47. The van der Waals surface area contributed by atoms with E-state index < -0.39 is 0 Å². The Kier molecular flexibility index (Phi) is 6.09. The lowest BCUT2D eigenvalue weighted by Gasteiger charge is -2.16. The van der Waals surface area contributed by atoms with Gasteiger partial charge in [-0.2, -0.15) is 0 Å². The zero-order valence-electron chi connectivity index (χ0n) is 11.9. The van der Waals surface area contributed by atoms with Crippen molar-refractivity contribution in [3.63, 3.8) is 0 Å². The maximum absolute atomic E-state index is 9.67. The number of aliphatic hydroxyl groups is 1. The minimum atomic E-state index is 0.119. The Morgan fingerprint density at radius 2 is 1.86 bits per heavy atom. The van der Waals surface area contributed by atoms with Crippen LogP contribution in [0.15, 0.2) is 46.9 Å². The van der Waals surface area contributed by atoms with Crippen LogP contribution >= 0.6 is 27.5 Å². The van der Waals surface area contributed by atoms with Crippen LogP contribution in [0.2, 0.25) is 5.02 Å². The molecule has 0 saturated carbocycles. The molecule has 0 radical (unpaired) electrons. The third-order valence-electron chi connectivity index (χ3n) is 3.49. The molecular weight excluding hydrogens is 352 g/mol. The molecule has 0 aliphatic heterocycles. The number of benzene rings is 2. The van der Waals surface area contributed by atoms with Gasteiger partial charge in [0.1, 0.15) is 5.75 Å². The Morgan fingerprint density at radius 1 is 1.14 bits per heavy atom. The van der Waals surface area contributed by atoms with Crippen molar-refractivity contribution >= 4 is 27.5 Å². The van der Waals surface area contributed by atoms with Crippen molar-refractivity contribution < 1.29 is 9.84 Å². The number of aliphatic hydroxyl groups excluding tert-OH is 1. The molecule has 1 unspecified atom stereocenters. The zero-order valence-corrected chi connectivity index (χ0v) is 14.2. The Labute approximate surface area is 138 Å². The van der Waals surface area contributed by atoms with Crippen LogP contribution < -0.4 is 4.74 Å². The second kappa shape index (κ2) is 7.83. The summed E-state index contributed by atoms with van der Waals surface area (Å²) in [5, 5.41) is 10.4. The molecule has 0 amide bonds. The van der Waals surface area contributed by atoms with Gasteiger partial charge in [0.15, 0.2) is 0 Å². The van der Waals surface area contributed by atoms with Gasteiger partial charge in [0.2, 0.25) is 0 Å². The van der Waals surface area contributed by atoms with Crippen molar-refractivity contribution in [2.75, 3.05) is 13.7 Å². The van der Waals surface area contributed by atoms with Gasteiger partial charge in [-0.15, -0.1) is 0 Å². The van der Waals surface area contributed by atoms with Crippen LogP contribution in [0.4, 0.5) is 0 Å². The quantitative estimate of drug-likeness (QED) is 0.812. The van der Waals surface area contributed by atoms with E-state index in [2.05, 4.69) is 15.9 Å². The van der Waals surface area contributed by atoms with E-state index in [1.807, 2.05) is 42.5 Å². The van der Waals surface area contributed by atoms with Gasteiger partial charge in [-0.3, -0.25) is 0 Å². The van der Waals surface area contributed by atoms with E-state index in [0.717, 1.165) is 39.2 Å². The molecule has 0 aliphatic rings. The van der Waals surface area contributed by atoms with Crippen molar-refractivity contribution in [1.29, 1.82) is 0 Å². The minimum absolute atomic E-state index is 0.119. The Bertz CT molecular complexity index is 601. The van der Waals surface area contributed by atoms with Gasteiger partial charge in [0, 0.05) is 16.1 Å². The molecule has 1 atom stereocenters. The molecule has 0 saturated heterocycles. The van der Waals surface area contributed by atoms with Crippen molar-refractivity contribution in [2.24, 2.45) is 5.92 Å². The van der Waals surface area contributed by atoms with Crippen molar-refractivity contribution in [1.82, 2.24) is 0 Å². The van der Waals surface area contributed by atoms with E-state index in [0.29, 0.717) is 0 Å². The number of hydrogen-bond acceptors (Lipinski definition) is 2. The summed E-state index contributed by atoms with van der Waals surface area (Å²) >= 11 is 9.75. The maximum atomic E-state index is 9.67. The molecule has 2 nitrogen and oxygen atoms in total. The highest BCUT2D eigenvalue weighted by Gasteiger charge is 2.14. The summed E-state index contributed by atoms with van der Waals surface area (Å²) in [4.78, 5) is 0. The Morgan fingerprint density at radius 3 is 2.52 bits per heavy atom. The number of ether oxygens (including phenoxy) is 1. The largest absolute Gasteiger partial charge is 0.497 e. The second-order valence-corrected chi connectivity index (χ2v) is 6.27. The summed E-state index contributed by atoms with van der Waals surface area (Å²) < 4.78 is 6.29. The number of halogens is 2. The van der Waals surface area contributed by atoms with Crippen molar-refractivity contribution in [3.05, 3.63) is 63.1 Å². The van der Waals surface area contributed by atoms with E-state index in [1.165, 1.54) is 0 Å². The molecule has 0 fully saturated rings. The van der Waals surface area contributed by atoms with Crippen LogP contribution in [-0.2, 0) is 12.8 Å². The summed E-state index contributed by atoms with van der Waals surface area (Å²) in [5.41, 5.74) is 2.19. The highest BCUT2D eigenvalue weighted by atomic mass is 79.9. The lowest BCUT2D eigenvalue weighted by molar-refractivity contribution is 0.225. The molecule has 21 heavy (non-hydrogen) atoms. The fourth-order valence-corrected chi connectivity index (χ4v) is 2.94. The van der Waals surface area contributed by atoms with Crippen LogP contribution in [-0.4, -0.2) is 18.8 Å². The SMILES string of the molecule is COc1ccc(Br)c(CC(CO)Cc2ccccc2Cl)c1. The first kappa shape index (κ1) is 16.3. The van der Waals surface area contributed by atoms with E-state index in [-0.39, 0.29) is 12.5 Å². The van der Waals surface area contributed by atoms with Crippen LogP contribution in [0.25, 0.3) is 0 Å². The molecule has 1 N–H and O–H groups in total. The van der Waals surface area contributed by atoms with Gasteiger partial charge in [-0.1, -0.05) is 45.7 Å². The van der Waals surface area contributed by atoms with Crippen molar-refractivity contribution in [3.8, 4) is 5.75 Å². The van der Waals surface area contributed by atoms with Crippen LogP contribution in [0, 0.1) is 5.92 Å². The lowest BCUT2D eigenvalue weighted by atomic mass is 9.93. The van der Waals surface area contributed by atoms with E-state index >= 15 is 0 Å². The topological polar surface area (TPSA) is 29.5 Å². The summed E-state index contributed by atoms with van der Waals surface area (Å²) in [5.74, 6) is 0.941. The number of rotatable bonds is 6. The normalized spacial score (nSPS) is 12.2. The molecule has 2 aromatic carbocycles. The van der Waals surface area contributed by atoms with E-state index in [4.69, 9.17) is 16.3 Å². The molecular formula is C17H18BrClO2. The van der Waals surface area contributed by atoms with Gasteiger partial charge in [0.05, 0.1) is 7.11 Å². The molecule has 112 valence electrons. The summed E-state index contributed by atoms with van der Waals surface area (Å²) in [7, 11) is 1.65. The molecule has 4 heteroatoms. The van der Waals surface area contributed by atoms with Crippen LogP contribution in [0.1, 0.15) is 11.1 Å². The summed E-state index contributed by atoms with van der Waals surface area (Å²) in [6.07, 6.45) is 1.51. The fraction of sp³-hybridized carbons (Fsp3) is 0.294. The first-order valence-corrected chi connectivity index (χ1v) is 7.97. The van der Waals surface area contributed by atoms with Gasteiger partial charge in [-0.05, 0) is 54.2 Å². The first-order valence-electron chi connectivity index (χ1n) is 6.80. The van der Waals surface area contributed by atoms with Crippen molar-refractivity contribution in [2.45, 2.75) is 12.8 Å². The minimum Gasteiger partial charge on any atom is -0.497 e. The molecule has 0 bridgehead atoms. The zero-order chi connectivity index (χ0) is 15.2. The lowest BCUT2D eigenvalue weighted by Crippen LogP contribution is -2.13. The molecule has 0 spiro atoms. The highest BCUT2D eigenvalue weighted by Crippen LogP contribution is 2.27. The Hall–Kier alpha value is -1.03. The van der Waals surface area contributed by atoms with Crippen LogP contribution in [0.5, 0.6) is 5.75 Å². The standard InChI is InChI=1S/C17H18BrClO2/c1-21-15-6-7-16(18)14(10-15)9-12(11-20)8-13-4-2-3-5-17(13)19/h2-7,10,12,20H,8-9,11H2,1H3. The van der Waals surface area contributed by atoms with E-state index in [1.54, 1.807) is 7.11 Å². The first-order chi connectivity index (χ1) is 10.1. The average molecular weight is 370 g/mol.